The van der Waals surface area contributed by atoms with E-state index in [0.29, 0.717) is 11.4 Å². The Kier molecular flexibility index (Phi) is 4.24. The van der Waals surface area contributed by atoms with Crippen molar-refractivity contribution < 1.29 is 18.7 Å². The molecule has 0 saturated heterocycles. The van der Waals surface area contributed by atoms with Crippen LogP contribution in [0.4, 0.5) is 5.69 Å². The molecule has 2 aromatic rings. The lowest BCUT2D eigenvalue weighted by molar-refractivity contribution is 0.0519. The van der Waals surface area contributed by atoms with Gasteiger partial charge in [0.05, 0.1) is 12.3 Å². The third-order valence-corrected chi connectivity index (χ3v) is 2.65. The molecule has 2 rings (SSSR count). The number of carbonyl (C=O) groups excluding carboxylic acids is 1. The Labute approximate surface area is 116 Å². The molecule has 20 heavy (non-hydrogen) atoms. The summed E-state index contributed by atoms with van der Waals surface area (Å²) in [6.07, 6.45) is 2.02. The maximum atomic E-state index is 11.4. The fourth-order valence-corrected chi connectivity index (χ4v) is 1.61. The van der Waals surface area contributed by atoms with Crippen LogP contribution in [-0.2, 0) is 11.2 Å². The van der Waals surface area contributed by atoms with Crippen molar-refractivity contribution >= 4 is 11.7 Å². The topological polar surface area (TPSA) is 87.6 Å². The number of aromatic nitrogens is 1. The van der Waals surface area contributed by atoms with E-state index in [1.54, 1.807) is 13.0 Å². The van der Waals surface area contributed by atoms with Gasteiger partial charge in [0.1, 0.15) is 6.26 Å². The third kappa shape index (κ3) is 3.09. The van der Waals surface area contributed by atoms with E-state index in [9.17, 15) is 4.79 Å². The van der Waals surface area contributed by atoms with Gasteiger partial charge < -0.3 is 19.6 Å². The van der Waals surface area contributed by atoms with Gasteiger partial charge in [-0.05, 0) is 31.0 Å². The Morgan fingerprint density at radius 3 is 2.85 bits per heavy atom. The van der Waals surface area contributed by atoms with Gasteiger partial charge in [0.15, 0.2) is 11.4 Å². The van der Waals surface area contributed by atoms with Crippen molar-refractivity contribution in [3.8, 4) is 11.8 Å². The van der Waals surface area contributed by atoms with Crippen molar-refractivity contribution in [3.05, 3.63) is 35.7 Å². The minimum absolute atomic E-state index is 0.0519. The zero-order valence-corrected chi connectivity index (χ0v) is 11.4. The van der Waals surface area contributed by atoms with Crippen LogP contribution in [0.25, 0.3) is 0 Å². The second-order valence-corrected chi connectivity index (χ2v) is 4.05. The molecular weight excluding hydrogens is 260 g/mol. The van der Waals surface area contributed by atoms with Crippen LogP contribution in [0.1, 0.15) is 29.9 Å². The molecule has 0 atom stereocenters. The quantitative estimate of drug-likeness (QED) is 0.667. The number of nitrogen functional groups attached to an aromatic ring is 1. The lowest BCUT2D eigenvalue weighted by Crippen LogP contribution is -2.04. The SMILES string of the molecule is CCOC(=O)c1coc(Oc2ccc(CC)cc2N)n1. The summed E-state index contributed by atoms with van der Waals surface area (Å²) >= 11 is 0. The van der Waals surface area contributed by atoms with Gasteiger partial charge in [0, 0.05) is 0 Å². The molecule has 2 N–H and O–H groups in total. The average molecular weight is 276 g/mol. The second-order valence-electron chi connectivity index (χ2n) is 4.05. The summed E-state index contributed by atoms with van der Waals surface area (Å²) in [5.41, 5.74) is 7.53. The van der Waals surface area contributed by atoms with Crippen LogP contribution in [-0.4, -0.2) is 17.6 Å². The monoisotopic (exact) mass is 276 g/mol. The molecule has 0 bridgehead atoms. The van der Waals surface area contributed by atoms with Crippen molar-refractivity contribution in [3.63, 3.8) is 0 Å². The first-order chi connectivity index (χ1) is 9.63. The molecule has 0 amide bonds. The number of anilines is 1. The van der Waals surface area contributed by atoms with Crippen molar-refractivity contribution in [2.45, 2.75) is 20.3 Å². The predicted octanol–water partition coefficient (Wildman–Crippen LogP) is 2.79. The molecule has 0 aliphatic carbocycles. The maximum absolute atomic E-state index is 11.4. The fourth-order valence-electron chi connectivity index (χ4n) is 1.61. The van der Waals surface area contributed by atoms with Gasteiger partial charge in [-0.1, -0.05) is 13.0 Å². The number of oxazole rings is 1. The van der Waals surface area contributed by atoms with Gasteiger partial charge >= 0.3 is 12.0 Å². The van der Waals surface area contributed by atoms with Gasteiger partial charge in [-0.2, -0.15) is 4.98 Å². The van der Waals surface area contributed by atoms with E-state index < -0.39 is 5.97 Å². The van der Waals surface area contributed by atoms with E-state index in [-0.39, 0.29) is 18.4 Å². The first-order valence-electron chi connectivity index (χ1n) is 6.33. The van der Waals surface area contributed by atoms with Gasteiger partial charge in [0.25, 0.3) is 0 Å². The van der Waals surface area contributed by atoms with Crippen LogP contribution in [0.3, 0.4) is 0 Å². The Balaban J connectivity index is 2.12. The zero-order chi connectivity index (χ0) is 14.5. The molecule has 106 valence electrons. The van der Waals surface area contributed by atoms with Gasteiger partial charge in [-0.15, -0.1) is 0 Å². The predicted molar refractivity (Wildman–Crippen MR) is 72.8 cm³/mol. The third-order valence-electron chi connectivity index (χ3n) is 2.65. The highest BCUT2D eigenvalue weighted by Gasteiger charge is 2.15. The van der Waals surface area contributed by atoms with Gasteiger partial charge in [0.2, 0.25) is 0 Å². The summed E-state index contributed by atoms with van der Waals surface area (Å²) in [6, 6.07) is 5.47. The van der Waals surface area contributed by atoms with Crippen LogP contribution in [0.5, 0.6) is 11.8 Å². The number of hydrogen-bond donors (Lipinski definition) is 1. The number of benzene rings is 1. The highest BCUT2D eigenvalue weighted by molar-refractivity contribution is 5.86. The molecule has 0 fully saturated rings. The van der Waals surface area contributed by atoms with Crippen LogP contribution < -0.4 is 10.5 Å². The lowest BCUT2D eigenvalue weighted by Gasteiger charge is -2.06. The number of nitrogens with two attached hydrogens (primary N) is 1. The van der Waals surface area contributed by atoms with Crippen LogP contribution in [0.15, 0.2) is 28.9 Å². The molecule has 0 aliphatic heterocycles. The molecule has 1 aromatic heterocycles. The van der Waals surface area contributed by atoms with E-state index in [2.05, 4.69) is 4.98 Å². The number of rotatable bonds is 5. The number of esters is 1. The molecular formula is C14H16N2O4. The van der Waals surface area contributed by atoms with E-state index >= 15 is 0 Å². The summed E-state index contributed by atoms with van der Waals surface area (Å²) in [7, 11) is 0. The highest BCUT2D eigenvalue weighted by Crippen LogP contribution is 2.28. The smallest absolute Gasteiger partial charge is 0.399 e. The van der Waals surface area contributed by atoms with Crippen LogP contribution in [0, 0.1) is 0 Å². The van der Waals surface area contributed by atoms with E-state index in [0.717, 1.165) is 12.0 Å². The fraction of sp³-hybridized carbons (Fsp3) is 0.286. The Morgan fingerprint density at radius 2 is 2.20 bits per heavy atom. The summed E-state index contributed by atoms with van der Waals surface area (Å²) in [5.74, 6) is -0.125. The van der Waals surface area contributed by atoms with Gasteiger partial charge in [-0.3, -0.25) is 0 Å². The molecule has 0 radical (unpaired) electrons. The molecule has 6 nitrogen and oxygen atoms in total. The normalized spacial score (nSPS) is 10.3. The van der Waals surface area contributed by atoms with Crippen molar-refractivity contribution in [2.24, 2.45) is 0 Å². The molecule has 0 saturated carbocycles. The second kappa shape index (κ2) is 6.10. The van der Waals surface area contributed by atoms with Crippen molar-refractivity contribution in [2.75, 3.05) is 12.3 Å². The molecule has 6 heteroatoms. The first-order valence-corrected chi connectivity index (χ1v) is 6.33. The summed E-state index contributed by atoms with van der Waals surface area (Å²) in [6.45, 7) is 4.02. The van der Waals surface area contributed by atoms with E-state index in [1.165, 1.54) is 6.26 Å². The first kappa shape index (κ1) is 13.9. The number of ether oxygens (including phenoxy) is 2. The Morgan fingerprint density at radius 1 is 1.40 bits per heavy atom. The minimum atomic E-state index is -0.555. The highest BCUT2D eigenvalue weighted by atomic mass is 16.6. The number of carbonyl (C=O) groups is 1. The number of nitrogens with zero attached hydrogens (tertiary/aromatic N) is 1. The molecule has 1 heterocycles. The van der Waals surface area contributed by atoms with Crippen molar-refractivity contribution in [1.29, 1.82) is 0 Å². The van der Waals surface area contributed by atoms with E-state index in [1.807, 2.05) is 19.1 Å². The lowest BCUT2D eigenvalue weighted by atomic mass is 10.1. The number of hydrogen-bond acceptors (Lipinski definition) is 6. The number of aryl methyl sites for hydroxylation is 1. The minimum Gasteiger partial charge on any atom is -0.461 e. The average Bonchev–Trinajstić information content (AvgIpc) is 2.90. The molecule has 0 spiro atoms. The molecule has 0 unspecified atom stereocenters. The standard InChI is InChI=1S/C14H16N2O4/c1-3-9-5-6-12(10(15)7-9)20-14-16-11(8-19-14)13(17)18-4-2/h5-8H,3-4,15H2,1-2H3. The molecule has 0 aliphatic rings. The molecule has 1 aromatic carbocycles. The maximum Gasteiger partial charge on any atom is 0.399 e. The summed E-state index contributed by atoms with van der Waals surface area (Å²) < 4.78 is 15.3. The Hall–Kier alpha value is -2.50. The largest absolute Gasteiger partial charge is 0.461 e. The van der Waals surface area contributed by atoms with Crippen LogP contribution in [0.2, 0.25) is 0 Å². The summed E-state index contributed by atoms with van der Waals surface area (Å²) in [4.78, 5) is 15.3. The Bertz CT molecular complexity index is 607. The van der Waals surface area contributed by atoms with Gasteiger partial charge in [-0.25, -0.2) is 4.79 Å². The van der Waals surface area contributed by atoms with Crippen molar-refractivity contribution in [1.82, 2.24) is 4.98 Å². The summed E-state index contributed by atoms with van der Waals surface area (Å²) in [5, 5.41) is 0. The van der Waals surface area contributed by atoms with E-state index in [4.69, 9.17) is 19.6 Å². The van der Waals surface area contributed by atoms with Crippen LogP contribution >= 0.6 is 0 Å². The zero-order valence-electron chi connectivity index (χ0n) is 11.4.